The molecule has 13 heteroatoms. The molecule has 0 aliphatic rings. The van der Waals surface area contributed by atoms with Crippen LogP contribution in [0, 0.1) is 0 Å². The van der Waals surface area contributed by atoms with Crippen LogP contribution in [0.25, 0.3) is 11.0 Å². The lowest BCUT2D eigenvalue weighted by Gasteiger charge is -2.10. The highest BCUT2D eigenvalue weighted by Crippen LogP contribution is 2.35. The molecule has 0 N–H and O–H groups in total. The Labute approximate surface area is 219 Å². The molecule has 0 aliphatic carbocycles. The summed E-state index contributed by atoms with van der Waals surface area (Å²) < 4.78 is 90.2. The fourth-order valence-corrected chi connectivity index (χ4v) is 4.57. The number of benzene rings is 3. The zero-order valence-electron chi connectivity index (χ0n) is 19.7. The first-order valence-corrected chi connectivity index (χ1v) is 11.6. The zero-order chi connectivity index (χ0) is 27.8. The van der Waals surface area contributed by atoms with Crippen LogP contribution in [0.2, 0.25) is 0 Å². The van der Waals surface area contributed by atoms with Crippen LogP contribution >= 0.6 is 15.9 Å². The van der Waals surface area contributed by atoms with Crippen molar-refractivity contribution in [2.45, 2.75) is 19.1 Å². The predicted octanol–water partition coefficient (Wildman–Crippen LogP) is 6.73. The van der Waals surface area contributed by atoms with Crippen molar-refractivity contribution in [2.75, 3.05) is 7.11 Å². The van der Waals surface area contributed by atoms with Crippen molar-refractivity contribution < 1.29 is 40.6 Å². The molecular formula is C25H18BrF6N3O3. The lowest BCUT2D eigenvalue weighted by Crippen LogP contribution is -2.24. The molecule has 4 aromatic rings. The van der Waals surface area contributed by atoms with Crippen LogP contribution in [0.1, 0.15) is 21.5 Å². The number of hydrogen-bond acceptors (Lipinski definition) is 4. The highest BCUT2D eigenvalue weighted by atomic mass is 79.9. The number of halogens is 7. The Morgan fingerprint density at radius 3 is 2.16 bits per heavy atom. The van der Waals surface area contributed by atoms with E-state index >= 15 is 0 Å². The Balaban J connectivity index is 1.89. The molecule has 0 amide bonds. The van der Waals surface area contributed by atoms with Gasteiger partial charge in [0.2, 0.25) is 5.62 Å². The number of methoxy groups -OCH3 is 1. The second kappa shape index (κ2) is 10.2. The van der Waals surface area contributed by atoms with E-state index < -0.39 is 29.8 Å². The number of ether oxygens (including phenoxy) is 2. The Morgan fingerprint density at radius 1 is 0.974 bits per heavy atom. The molecule has 200 valence electrons. The maximum absolute atomic E-state index is 13.6. The fraction of sp³-hybridized carbons (Fsp3) is 0.200. The van der Waals surface area contributed by atoms with Gasteiger partial charge in [-0.05, 0) is 70.0 Å². The van der Waals surface area contributed by atoms with E-state index in [0.29, 0.717) is 16.6 Å². The number of nitrogens with zero attached hydrogens (tertiary/aromatic N) is 3. The molecule has 6 nitrogen and oxygen atoms in total. The van der Waals surface area contributed by atoms with Crippen LogP contribution in [-0.2, 0) is 24.5 Å². The Morgan fingerprint density at radius 2 is 1.61 bits per heavy atom. The molecule has 1 aromatic heterocycles. The molecule has 0 fully saturated rings. The third-order valence-electron chi connectivity index (χ3n) is 5.55. The molecule has 3 aromatic carbocycles. The Kier molecular flexibility index (Phi) is 7.33. The molecule has 0 atom stereocenters. The highest BCUT2D eigenvalue weighted by molar-refractivity contribution is 9.10. The smallest absolute Gasteiger partial charge is 0.465 e. The van der Waals surface area contributed by atoms with Gasteiger partial charge in [0, 0.05) is 11.5 Å². The largest absolute Gasteiger partial charge is 0.573 e. The van der Waals surface area contributed by atoms with Crippen molar-refractivity contribution in [3.05, 3.63) is 87.4 Å². The summed E-state index contributed by atoms with van der Waals surface area (Å²) in [7, 11) is 2.85. The molecule has 1 heterocycles. The number of carbonyl (C=O) groups excluding carboxylic acids is 1. The standard InChI is InChI=1S/C25H18BrF6N3O3/c1-34-21-19(26)11-16(24(27,28)29)12-20(21)35(13-14-3-5-15(6-4-14)22(36)37-2)23(34)33-17-7-9-18(10-8-17)38-25(30,31)32/h3-12H,13H2,1-2H3/b33-23-. The third kappa shape index (κ3) is 5.87. The van der Waals surface area contributed by atoms with Gasteiger partial charge in [-0.3, -0.25) is 0 Å². The van der Waals surface area contributed by atoms with Gasteiger partial charge in [-0.1, -0.05) is 12.1 Å². The molecule has 0 radical (unpaired) electrons. The van der Waals surface area contributed by atoms with Crippen molar-refractivity contribution in [1.29, 1.82) is 0 Å². The van der Waals surface area contributed by atoms with Crippen molar-refractivity contribution in [3.63, 3.8) is 0 Å². The second-order valence-electron chi connectivity index (χ2n) is 8.11. The first-order chi connectivity index (χ1) is 17.8. The minimum absolute atomic E-state index is 0.0701. The molecule has 0 bridgehead atoms. The van der Waals surface area contributed by atoms with Gasteiger partial charge in [-0.25, -0.2) is 9.79 Å². The molecule has 0 saturated carbocycles. The molecule has 0 saturated heterocycles. The number of carbonyl (C=O) groups is 1. The first-order valence-electron chi connectivity index (χ1n) is 10.8. The number of alkyl halides is 6. The lowest BCUT2D eigenvalue weighted by molar-refractivity contribution is -0.274. The van der Waals surface area contributed by atoms with Crippen molar-refractivity contribution in [3.8, 4) is 5.75 Å². The van der Waals surface area contributed by atoms with Crippen molar-refractivity contribution in [1.82, 2.24) is 9.13 Å². The van der Waals surface area contributed by atoms with Gasteiger partial charge in [0.15, 0.2) is 0 Å². The van der Waals surface area contributed by atoms with Crippen LogP contribution in [0.5, 0.6) is 5.75 Å². The maximum atomic E-state index is 13.6. The number of aryl methyl sites for hydroxylation is 1. The molecule has 0 spiro atoms. The number of aromatic nitrogens is 2. The summed E-state index contributed by atoms with van der Waals surface area (Å²) in [4.78, 5) is 16.3. The SMILES string of the molecule is COC(=O)c1ccc(Cn2/c(=N\c3ccc(OC(F)(F)F)cc3)n(C)c3c(Br)cc(C(F)(F)F)cc32)cc1. The van der Waals surface area contributed by atoms with Crippen LogP contribution in [0.4, 0.5) is 32.0 Å². The average Bonchev–Trinajstić information content (AvgIpc) is 3.10. The van der Waals surface area contributed by atoms with E-state index in [0.717, 1.165) is 24.3 Å². The van der Waals surface area contributed by atoms with E-state index in [1.54, 1.807) is 28.3 Å². The van der Waals surface area contributed by atoms with E-state index in [9.17, 15) is 31.1 Å². The van der Waals surface area contributed by atoms with Crippen LogP contribution in [-0.4, -0.2) is 28.6 Å². The monoisotopic (exact) mass is 601 g/mol. The number of hydrogen-bond donors (Lipinski definition) is 0. The predicted molar refractivity (Wildman–Crippen MR) is 129 cm³/mol. The number of fused-ring (bicyclic) bond motifs is 1. The fourth-order valence-electron chi connectivity index (χ4n) is 3.85. The summed E-state index contributed by atoms with van der Waals surface area (Å²) in [5.41, 5.74) is 1.16. The minimum atomic E-state index is -4.86. The molecule has 38 heavy (non-hydrogen) atoms. The van der Waals surface area contributed by atoms with Gasteiger partial charge >= 0.3 is 18.5 Å². The van der Waals surface area contributed by atoms with Crippen molar-refractivity contribution in [2.24, 2.45) is 12.0 Å². The summed E-state index contributed by atoms with van der Waals surface area (Å²) in [5, 5.41) is 0. The summed E-state index contributed by atoms with van der Waals surface area (Å²) in [6.45, 7) is 0.0701. The Bertz CT molecular complexity index is 1550. The van der Waals surface area contributed by atoms with E-state index in [2.05, 4.69) is 30.4 Å². The van der Waals surface area contributed by atoms with E-state index in [1.807, 2.05) is 0 Å². The van der Waals surface area contributed by atoms with Gasteiger partial charge in [0.1, 0.15) is 5.75 Å². The quantitative estimate of drug-likeness (QED) is 0.188. The summed E-state index contributed by atoms with van der Waals surface area (Å²) >= 11 is 3.23. The van der Waals surface area contributed by atoms with E-state index in [1.165, 1.54) is 31.4 Å². The number of esters is 1. The molecule has 4 rings (SSSR count). The van der Waals surface area contributed by atoms with Gasteiger partial charge in [-0.2, -0.15) is 13.2 Å². The highest BCUT2D eigenvalue weighted by Gasteiger charge is 2.32. The van der Waals surface area contributed by atoms with Crippen LogP contribution < -0.4 is 10.4 Å². The average molecular weight is 602 g/mol. The summed E-state index contributed by atoms with van der Waals surface area (Å²) in [6.07, 6.45) is -9.47. The van der Waals surface area contributed by atoms with E-state index in [4.69, 9.17) is 0 Å². The van der Waals surface area contributed by atoms with E-state index in [-0.39, 0.29) is 27.8 Å². The first kappa shape index (κ1) is 27.3. The van der Waals surface area contributed by atoms with Crippen LogP contribution in [0.15, 0.2) is 70.1 Å². The minimum Gasteiger partial charge on any atom is -0.465 e. The second-order valence-corrected chi connectivity index (χ2v) is 8.97. The number of imidazole rings is 1. The van der Waals surface area contributed by atoms with Gasteiger partial charge in [0.05, 0.1) is 41.5 Å². The van der Waals surface area contributed by atoms with Gasteiger partial charge < -0.3 is 18.6 Å². The summed E-state index contributed by atoms with van der Waals surface area (Å²) in [6, 6.07) is 13.1. The Hall–Kier alpha value is -3.74. The van der Waals surface area contributed by atoms with Crippen molar-refractivity contribution >= 4 is 38.6 Å². The lowest BCUT2D eigenvalue weighted by atomic mass is 10.1. The molecule has 0 aliphatic heterocycles. The molecular weight excluding hydrogens is 584 g/mol. The molecule has 0 unspecified atom stereocenters. The maximum Gasteiger partial charge on any atom is 0.573 e. The third-order valence-corrected chi connectivity index (χ3v) is 6.16. The number of rotatable bonds is 5. The van der Waals surface area contributed by atoms with Gasteiger partial charge in [-0.15, -0.1) is 13.2 Å². The normalized spacial score (nSPS) is 12.7. The van der Waals surface area contributed by atoms with Crippen LogP contribution in [0.3, 0.4) is 0 Å². The van der Waals surface area contributed by atoms with Gasteiger partial charge in [0.25, 0.3) is 0 Å². The zero-order valence-corrected chi connectivity index (χ0v) is 21.3. The topological polar surface area (TPSA) is 57.8 Å². The summed E-state index contributed by atoms with van der Waals surface area (Å²) in [5.74, 6) is -0.980.